The quantitative estimate of drug-likeness (QED) is 0.282. The number of anilines is 2. The SMILES string of the molecule is CCCN(CCOc1cccc2ncnc(Nc3ccc(OCc4ccccn4)c(Cl)c3)c12)C(C)=O. The Bertz CT molecular complexity index is 1310. The number of rotatable bonds is 11. The molecule has 0 aliphatic rings. The van der Waals surface area contributed by atoms with Gasteiger partial charge in [-0.05, 0) is 48.9 Å². The molecule has 0 unspecified atom stereocenters. The number of carbonyl (C=O) groups is 1. The van der Waals surface area contributed by atoms with Crippen molar-refractivity contribution in [1.82, 2.24) is 19.9 Å². The van der Waals surface area contributed by atoms with Crippen molar-refractivity contribution in [3.63, 3.8) is 0 Å². The minimum atomic E-state index is 0.0356. The molecule has 4 rings (SSSR count). The zero-order valence-electron chi connectivity index (χ0n) is 20.3. The van der Waals surface area contributed by atoms with Crippen molar-refractivity contribution in [2.24, 2.45) is 0 Å². The van der Waals surface area contributed by atoms with Gasteiger partial charge in [-0.3, -0.25) is 9.78 Å². The second-order valence-corrected chi connectivity index (χ2v) is 8.51. The van der Waals surface area contributed by atoms with Gasteiger partial charge in [0.2, 0.25) is 5.91 Å². The molecule has 0 saturated carbocycles. The highest BCUT2D eigenvalue weighted by Crippen LogP contribution is 2.34. The topological polar surface area (TPSA) is 89.5 Å². The van der Waals surface area contributed by atoms with E-state index >= 15 is 0 Å². The zero-order valence-corrected chi connectivity index (χ0v) is 21.0. The number of benzene rings is 2. The summed E-state index contributed by atoms with van der Waals surface area (Å²) >= 11 is 6.49. The Morgan fingerprint density at radius 2 is 1.89 bits per heavy atom. The van der Waals surface area contributed by atoms with Crippen LogP contribution in [0.3, 0.4) is 0 Å². The standard InChI is InChI=1S/C27H28ClN5O3/c1-3-13-33(19(2)34)14-15-35-25-9-6-8-23-26(25)27(31-18-30-23)32-20-10-11-24(22(28)16-20)36-17-21-7-4-5-12-29-21/h4-12,16,18H,3,13-15,17H2,1-2H3,(H,30,31,32). The number of carbonyl (C=O) groups excluding carboxylic acids is 1. The molecule has 1 amide bonds. The highest BCUT2D eigenvalue weighted by Gasteiger charge is 2.13. The van der Waals surface area contributed by atoms with Gasteiger partial charge >= 0.3 is 0 Å². The van der Waals surface area contributed by atoms with Gasteiger partial charge in [-0.15, -0.1) is 0 Å². The summed E-state index contributed by atoms with van der Waals surface area (Å²) in [6.45, 7) is 5.51. The lowest BCUT2D eigenvalue weighted by Crippen LogP contribution is -2.33. The van der Waals surface area contributed by atoms with E-state index in [4.69, 9.17) is 21.1 Å². The van der Waals surface area contributed by atoms with E-state index in [1.54, 1.807) is 30.2 Å². The molecule has 1 N–H and O–H groups in total. The minimum absolute atomic E-state index is 0.0356. The molecule has 2 heterocycles. The Hall–Kier alpha value is -3.91. The molecule has 4 aromatic rings. The highest BCUT2D eigenvalue weighted by atomic mass is 35.5. The van der Waals surface area contributed by atoms with E-state index in [-0.39, 0.29) is 5.91 Å². The van der Waals surface area contributed by atoms with Crippen molar-refractivity contribution < 1.29 is 14.3 Å². The van der Waals surface area contributed by atoms with Crippen molar-refractivity contribution in [1.29, 1.82) is 0 Å². The van der Waals surface area contributed by atoms with Crippen LogP contribution >= 0.6 is 11.6 Å². The molecule has 0 bridgehead atoms. The first-order chi connectivity index (χ1) is 17.5. The summed E-state index contributed by atoms with van der Waals surface area (Å²) in [6, 6.07) is 16.8. The van der Waals surface area contributed by atoms with Gasteiger partial charge in [-0.2, -0.15) is 0 Å². The van der Waals surface area contributed by atoms with Crippen molar-refractivity contribution in [3.05, 3.63) is 77.8 Å². The predicted molar refractivity (Wildman–Crippen MR) is 141 cm³/mol. The fourth-order valence-corrected chi connectivity index (χ4v) is 3.96. The molecule has 0 spiro atoms. The number of hydrogen-bond acceptors (Lipinski definition) is 7. The maximum Gasteiger partial charge on any atom is 0.219 e. The largest absolute Gasteiger partial charge is 0.491 e. The van der Waals surface area contributed by atoms with E-state index in [0.29, 0.717) is 48.6 Å². The number of hydrogen-bond donors (Lipinski definition) is 1. The first-order valence-corrected chi connectivity index (χ1v) is 12.1. The number of ether oxygens (including phenoxy) is 2. The molecule has 0 aliphatic carbocycles. The van der Waals surface area contributed by atoms with E-state index in [9.17, 15) is 4.79 Å². The average molecular weight is 506 g/mol. The monoisotopic (exact) mass is 505 g/mol. The fraction of sp³-hybridized carbons (Fsp3) is 0.259. The average Bonchev–Trinajstić information content (AvgIpc) is 2.88. The van der Waals surface area contributed by atoms with Gasteiger partial charge in [0, 0.05) is 25.4 Å². The molecule has 2 aromatic carbocycles. The molecule has 0 aliphatic heterocycles. The third-order valence-corrected chi connectivity index (χ3v) is 5.77. The highest BCUT2D eigenvalue weighted by molar-refractivity contribution is 6.32. The van der Waals surface area contributed by atoms with Crippen molar-refractivity contribution in [2.45, 2.75) is 26.9 Å². The van der Waals surface area contributed by atoms with E-state index in [0.717, 1.165) is 28.7 Å². The Kier molecular flexibility index (Phi) is 8.52. The van der Waals surface area contributed by atoms with Crippen molar-refractivity contribution in [2.75, 3.05) is 25.0 Å². The van der Waals surface area contributed by atoms with Crippen LogP contribution in [-0.4, -0.2) is 45.5 Å². The third kappa shape index (κ3) is 6.40. The Balaban J connectivity index is 1.49. The van der Waals surface area contributed by atoms with Crippen LogP contribution in [0.4, 0.5) is 11.5 Å². The van der Waals surface area contributed by atoms with E-state index in [1.165, 1.54) is 6.33 Å². The maximum absolute atomic E-state index is 11.8. The van der Waals surface area contributed by atoms with Crippen LogP contribution in [-0.2, 0) is 11.4 Å². The molecule has 0 atom stereocenters. The number of aromatic nitrogens is 3. The number of fused-ring (bicyclic) bond motifs is 1. The van der Waals surface area contributed by atoms with Gasteiger partial charge in [0.15, 0.2) is 0 Å². The lowest BCUT2D eigenvalue weighted by Gasteiger charge is -2.21. The van der Waals surface area contributed by atoms with Gasteiger partial charge < -0.3 is 19.7 Å². The van der Waals surface area contributed by atoms with Gasteiger partial charge in [-0.1, -0.05) is 30.7 Å². The summed E-state index contributed by atoms with van der Waals surface area (Å²) < 4.78 is 11.9. The molecular formula is C27H28ClN5O3. The van der Waals surface area contributed by atoms with Crippen LogP contribution in [0.15, 0.2) is 67.1 Å². The summed E-state index contributed by atoms with van der Waals surface area (Å²) in [6.07, 6.45) is 4.12. The van der Waals surface area contributed by atoms with Crippen LogP contribution in [0.5, 0.6) is 11.5 Å². The number of halogens is 1. The number of nitrogens with one attached hydrogen (secondary N) is 1. The molecular weight excluding hydrogens is 478 g/mol. The predicted octanol–water partition coefficient (Wildman–Crippen LogP) is 5.64. The number of pyridine rings is 1. The summed E-state index contributed by atoms with van der Waals surface area (Å²) in [5, 5.41) is 4.53. The summed E-state index contributed by atoms with van der Waals surface area (Å²) in [4.78, 5) is 26.7. The van der Waals surface area contributed by atoms with Gasteiger partial charge in [-0.25, -0.2) is 9.97 Å². The van der Waals surface area contributed by atoms with Gasteiger partial charge in [0.1, 0.15) is 36.9 Å². The first kappa shape index (κ1) is 25.2. The molecule has 9 heteroatoms. The lowest BCUT2D eigenvalue weighted by molar-refractivity contribution is -0.129. The summed E-state index contributed by atoms with van der Waals surface area (Å²) in [7, 11) is 0. The van der Waals surface area contributed by atoms with Crippen molar-refractivity contribution in [3.8, 4) is 11.5 Å². The molecule has 0 radical (unpaired) electrons. The zero-order chi connectivity index (χ0) is 25.3. The first-order valence-electron chi connectivity index (χ1n) is 11.8. The van der Waals surface area contributed by atoms with Crippen LogP contribution in [0, 0.1) is 0 Å². The Morgan fingerprint density at radius 3 is 2.64 bits per heavy atom. The van der Waals surface area contributed by atoms with Crippen LogP contribution < -0.4 is 14.8 Å². The fourth-order valence-electron chi connectivity index (χ4n) is 3.72. The van der Waals surface area contributed by atoms with Gasteiger partial charge in [0.25, 0.3) is 0 Å². The smallest absolute Gasteiger partial charge is 0.219 e. The van der Waals surface area contributed by atoms with Gasteiger partial charge in [0.05, 0.1) is 28.2 Å². The second-order valence-electron chi connectivity index (χ2n) is 8.11. The third-order valence-electron chi connectivity index (χ3n) is 5.48. The second kappa shape index (κ2) is 12.2. The van der Waals surface area contributed by atoms with E-state index in [1.807, 2.05) is 49.4 Å². The number of nitrogens with zero attached hydrogens (tertiary/aromatic N) is 4. The molecule has 0 saturated heterocycles. The summed E-state index contributed by atoms with van der Waals surface area (Å²) in [5.41, 5.74) is 2.30. The molecule has 0 fully saturated rings. The lowest BCUT2D eigenvalue weighted by atomic mass is 10.2. The van der Waals surface area contributed by atoms with Crippen LogP contribution in [0.1, 0.15) is 26.0 Å². The molecule has 2 aromatic heterocycles. The van der Waals surface area contributed by atoms with Crippen molar-refractivity contribution >= 4 is 39.9 Å². The maximum atomic E-state index is 11.8. The van der Waals surface area contributed by atoms with E-state index < -0.39 is 0 Å². The Morgan fingerprint density at radius 1 is 1.00 bits per heavy atom. The van der Waals surface area contributed by atoms with Crippen LogP contribution in [0.25, 0.3) is 10.9 Å². The molecule has 8 nitrogen and oxygen atoms in total. The minimum Gasteiger partial charge on any atom is -0.491 e. The molecule has 186 valence electrons. The van der Waals surface area contributed by atoms with Crippen LogP contribution in [0.2, 0.25) is 5.02 Å². The summed E-state index contributed by atoms with van der Waals surface area (Å²) in [5.74, 6) is 1.82. The normalized spacial score (nSPS) is 10.8. The number of amides is 1. The Labute approximate surface area is 215 Å². The molecule has 36 heavy (non-hydrogen) atoms. The van der Waals surface area contributed by atoms with E-state index in [2.05, 4.69) is 20.3 Å².